The number of likely N-dealkylation sites (N-methyl/N-ethyl adjacent to an activating group) is 1. The minimum Gasteiger partial charge on any atom is -0.453 e. The molecule has 8 nitrogen and oxygen atoms in total. The Morgan fingerprint density at radius 3 is 2.84 bits per heavy atom. The SMILES string of the molecule is CCN[C@H](CNC(=O)N1CCC[C@@H]([C@@H](CCCN(C)C(=O)OC)c2cccc(Cl)c2)C1)C[C@H]1CCCOC1. The standard InChI is InChI=1S/C29H47ClN4O4/c1-4-31-26(17-22-9-8-16-38-21-22)19-32-28(35)34-15-6-11-24(20-34)27(23-10-5-12-25(30)18-23)13-7-14-33(2)29(36)37-3/h5,10,12,18,22,24,26-27,31H,4,6-9,11,13-17,19-21H2,1-3H3,(H,32,35)/t22-,24-,26+,27+/m1/s1. The van der Waals surface area contributed by atoms with Crippen molar-refractivity contribution in [3.63, 3.8) is 0 Å². The number of piperidine rings is 1. The zero-order valence-corrected chi connectivity index (χ0v) is 24.2. The third kappa shape index (κ3) is 9.62. The molecule has 1 aromatic rings. The summed E-state index contributed by atoms with van der Waals surface area (Å²) in [6, 6.07) is 8.35. The summed E-state index contributed by atoms with van der Waals surface area (Å²) in [5, 5.41) is 7.49. The Hall–Kier alpha value is -2.03. The number of carbonyl (C=O) groups excluding carboxylic acids is 2. The van der Waals surface area contributed by atoms with Crippen LogP contribution in [-0.2, 0) is 9.47 Å². The van der Waals surface area contributed by atoms with E-state index in [1.54, 1.807) is 11.9 Å². The molecule has 2 N–H and O–H groups in total. The molecule has 4 atom stereocenters. The van der Waals surface area contributed by atoms with E-state index in [4.69, 9.17) is 21.1 Å². The molecular formula is C29H47ClN4O4. The molecule has 2 aliphatic rings. The zero-order chi connectivity index (χ0) is 27.3. The van der Waals surface area contributed by atoms with Crippen molar-refractivity contribution >= 4 is 23.7 Å². The van der Waals surface area contributed by atoms with Crippen LogP contribution in [-0.4, -0.2) is 88.1 Å². The topological polar surface area (TPSA) is 83.1 Å². The molecule has 2 fully saturated rings. The average molecular weight is 551 g/mol. The van der Waals surface area contributed by atoms with Crippen LogP contribution in [0.5, 0.6) is 0 Å². The van der Waals surface area contributed by atoms with Crippen LogP contribution in [0.25, 0.3) is 0 Å². The summed E-state index contributed by atoms with van der Waals surface area (Å²) in [4.78, 5) is 28.7. The predicted molar refractivity (Wildman–Crippen MR) is 152 cm³/mol. The number of hydrogen-bond acceptors (Lipinski definition) is 5. The first-order valence-electron chi connectivity index (χ1n) is 14.3. The second-order valence-corrected chi connectivity index (χ2v) is 11.2. The lowest BCUT2D eigenvalue weighted by molar-refractivity contribution is 0.0476. The maximum atomic E-state index is 13.3. The third-order valence-corrected chi connectivity index (χ3v) is 8.19. The largest absolute Gasteiger partial charge is 0.453 e. The van der Waals surface area contributed by atoms with Gasteiger partial charge in [-0.25, -0.2) is 9.59 Å². The Bertz CT molecular complexity index is 867. The molecule has 0 aromatic heterocycles. The maximum Gasteiger partial charge on any atom is 0.409 e. The van der Waals surface area contributed by atoms with Crippen molar-refractivity contribution < 1.29 is 19.1 Å². The molecule has 3 amide bonds. The van der Waals surface area contributed by atoms with E-state index < -0.39 is 0 Å². The van der Waals surface area contributed by atoms with E-state index in [9.17, 15) is 9.59 Å². The van der Waals surface area contributed by atoms with Crippen LogP contribution in [0.4, 0.5) is 9.59 Å². The summed E-state index contributed by atoms with van der Waals surface area (Å²) in [5.41, 5.74) is 1.20. The highest BCUT2D eigenvalue weighted by Gasteiger charge is 2.31. The number of benzene rings is 1. The summed E-state index contributed by atoms with van der Waals surface area (Å²) in [5.74, 6) is 1.15. The van der Waals surface area contributed by atoms with E-state index >= 15 is 0 Å². The zero-order valence-electron chi connectivity index (χ0n) is 23.4. The molecule has 0 aliphatic carbocycles. The normalized spacial score (nSPS) is 21.4. The van der Waals surface area contributed by atoms with Gasteiger partial charge in [0, 0.05) is 57.5 Å². The third-order valence-electron chi connectivity index (χ3n) is 7.95. The highest BCUT2D eigenvalue weighted by molar-refractivity contribution is 6.30. The van der Waals surface area contributed by atoms with Crippen LogP contribution >= 0.6 is 11.6 Å². The van der Waals surface area contributed by atoms with Gasteiger partial charge in [-0.2, -0.15) is 0 Å². The van der Waals surface area contributed by atoms with Crippen LogP contribution in [0.3, 0.4) is 0 Å². The molecule has 1 aromatic carbocycles. The van der Waals surface area contributed by atoms with E-state index in [2.05, 4.69) is 23.6 Å². The highest BCUT2D eigenvalue weighted by atomic mass is 35.5. The first-order valence-corrected chi connectivity index (χ1v) is 14.7. The summed E-state index contributed by atoms with van der Waals surface area (Å²) in [6.45, 7) is 7.43. The lowest BCUT2D eigenvalue weighted by Gasteiger charge is -2.38. The number of nitrogens with one attached hydrogen (secondary N) is 2. The van der Waals surface area contributed by atoms with Gasteiger partial charge in [-0.1, -0.05) is 30.7 Å². The van der Waals surface area contributed by atoms with Crippen LogP contribution in [0.2, 0.25) is 5.02 Å². The number of methoxy groups -OCH3 is 1. The number of nitrogens with zero attached hydrogens (tertiary/aromatic N) is 2. The van der Waals surface area contributed by atoms with E-state index in [-0.39, 0.29) is 24.1 Å². The fourth-order valence-electron chi connectivity index (χ4n) is 5.98. The first kappa shape index (κ1) is 30.5. The Labute approximate surface area is 233 Å². The number of urea groups is 1. The van der Waals surface area contributed by atoms with Crippen LogP contribution in [0.15, 0.2) is 24.3 Å². The number of amides is 3. The molecule has 0 saturated carbocycles. The smallest absolute Gasteiger partial charge is 0.409 e. The summed E-state index contributed by atoms with van der Waals surface area (Å²) >= 11 is 6.36. The molecule has 0 unspecified atom stereocenters. The Morgan fingerprint density at radius 2 is 2.13 bits per heavy atom. The van der Waals surface area contributed by atoms with Gasteiger partial charge >= 0.3 is 12.1 Å². The van der Waals surface area contributed by atoms with E-state index in [1.165, 1.54) is 19.1 Å². The monoisotopic (exact) mass is 550 g/mol. The van der Waals surface area contributed by atoms with Gasteiger partial charge in [0.15, 0.2) is 0 Å². The Morgan fingerprint density at radius 1 is 1.29 bits per heavy atom. The second kappa shape index (κ2) is 16.2. The first-order chi connectivity index (χ1) is 18.4. The summed E-state index contributed by atoms with van der Waals surface area (Å²) in [7, 11) is 3.16. The van der Waals surface area contributed by atoms with Crippen LogP contribution in [0.1, 0.15) is 63.4 Å². The molecule has 0 spiro atoms. The number of hydrogen-bond donors (Lipinski definition) is 2. The lowest BCUT2D eigenvalue weighted by Crippen LogP contribution is -2.50. The molecular weight excluding hydrogens is 504 g/mol. The molecule has 9 heteroatoms. The van der Waals surface area contributed by atoms with Gasteiger partial charge in [0.25, 0.3) is 0 Å². The van der Waals surface area contributed by atoms with Crippen molar-refractivity contribution in [3.05, 3.63) is 34.9 Å². The maximum absolute atomic E-state index is 13.3. The van der Waals surface area contributed by atoms with Crippen molar-refractivity contribution in [3.8, 4) is 0 Å². The number of ether oxygens (including phenoxy) is 2. The highest BCUT2D eigenvalue weighted by Crippen LogP contribution is 2.36. The predicted octanol–water partition coefficient (Wildman–Crippen LogP) is 5.12. The minimum atomic E-state index is -0.323. The van der Waals surface area contributed by atoms with Gasteiger partial charge in [-0.15, -0.1) is 0 Å². The molecule has 2 heterocycles. The van der Waals surface area contributed by atoms with Gasteiger partial charge in [-0.3, -0.25) is 0 Å². The van der Waals surface area contributed by atoms with Gasteiger partial charge < -0.3 is 29.9 Å². The van der Waals surface area contributed by atoms with E-state index in [0.29, 0.717) is 24.9 Å². The quantitative estimate of drug-likeness (QED) is 0.377. The van der Waals surface area contributed by atoms with Gasteiger partial charge in [0.2, 0.25) is 0 Å². The lowest BCUT2D eigenvalue weighted by atomic mass is 9.78. The molecule has 0 radical (unpaired) electrons. The summed E-state index contributed by atoms with van der Waals surface area (Å²) in [6.07, 6.45) is 6.82. The van der Waals surface area contributed by atoms with Gasteiger partial charge in [-0.05, 0) is 86.9 Å². The second-order valence-electron chi connectivity index (χ2n) is 10.8. The molecule has 38 heavy (non-hydrogen) atoms. The summed E-state index contributed by atoms with van der Waals surface area (Å²) < 4.78 is 10.5. The van der Waals surface area contributed by atoms with Crippen molar-refractivity contribution in [2.45, 2.75) is 63.8 Å². The van der Waals surface area contributed by atoms with Crippen LogP contribution < -0.4 is 10.6 Å². The number of carbonyl (C=O) groups is 2. The molecule has 2 saturated heterocycles. The van der Waals surface area contributed by atoms with Crippen molar-refractivity contribution in [2.75, 3.05) is 60.1 Å². The van der Waals surface area contributed by atoms with E-state index in [1.807, 2.05) is 23.1 Å². The molecule has 0 bridgehead atoms. The Balaban J connectivity index is 1.59. The van der Waals surface area contributed by atoms with Gasteiger partial charge in [0.05, 0.1) is 7.11 Å². The molecule has 3 rings (SSSR count). The van der Waals surface area contributed by atoms with Crippen LogP contribution in [0, 0.1) is 11.8 Å². The Kier molecular flexibility index (Phi) is 13.0. The number of rotatable bonds is 12. The molecule has 214 valence electrons. The fourth-order valence-corrected chi connectivity index (χ4v) is 6.17. The number of halogens is 1. The van der Waals surface area contributed by atoms with Crippen molar-refractivity contribution in [1.29, 1.82) is 0 Å². The average Bonchev–Trinajstić information content (AvgIpc) is 2.94. The van der Waals surface area contributed by atoms with E-state index in [0.717, 1.165) is 76.4 Å². The van der Waals surface area contributed by atoms with Crippen molar-refractivity contribution in [1.82, 2.24) is 20.4 Å². The van der Waals surface area contributed by atoms with Crippen molar-refractivity contribution in [2.24, 2.45) is 11.8 Å². The molecule has 2 aliphatic heterocycles. The number of likely N-dealkylation sites (tertiary alicyclic amines) is 1. The fraction of sp³-hybridized carbons (Fsp3) is 0.724. The minimum absolute atomic E-state index is 0.0211. The van der Waals surface area contributed by atoms with Gasteiger partial charge in [0.1, 0.15) is 0 Å².